The van der Waals surface area contributed by atoms with Gasteiger partial charge in [0.2, 0.25) is 0 Å². The van der Waals surface area contributed by atoms with E-state index in [-0.39, 0.29) is 17.5 Å². The lowest BCUT2D eigenvalue weighted by molar-refractivity contribution is 0.0931. The second-order valence-electron chi connectivity index (χ2n) is 9.33. The third-order valence-corrected chi connectivity index (χ3v) is 6.94. The Balaban J connectivity index is 1.37. The van der Waals surface area contributed by atoms with Gasteiger partial charge in [-0.3, -0.25) is 19.7 Å². The first-order chi connectivity index (χ1) is 17.0. The van der Waals surface area contributed by atoms with Crippen molar-refractivity contribution in [3.63, 3.8) is 0 Å². The molecule has 5 aromatic rings. The molecule has 7 heteroatoms. The molecule has 1 aliphatic rings. The van der Waals surface area contributed by atoms with E-state index in [1.54, 1.807) is 23.9 Å². The van der Waals surface area contributed by atoms with Crippen molar-refractivity contribution >= 4 is 27.7 Å². The fraction of sp³-hybridized carbons (Fsp3) is 0.214. The van der Waals surface area contributed by atoms with E-state index in [1.165, 1.54) is 0 Å². The summed E-state index contributed by atoms with van der Waals surface area (Å²) in [6.07, 6.45) is 3.96. The van der Waals surface area contributed by atoms with E-state index in [1.807, 2.05) is 55.5 Å². The van der Waals surface area contributed by atoms with E-state index in [9.17, 15) is 9.59 Å². The number of benzene rings is 2. The highest BCUT2D eigenvalue weighted by molar-refractivity contribution is 6.02. The van der Waals surface area contributed by atoms with Gasteiger partial charge in [0.1, 0.15) is 0 Å². The number of hydrogen-bond donors (Lipinski definition) is 2. The number of nitrogens with one attached hydrogen (secondary N) is 2. The smallest absolute Gasteiger partial charge is 0.251 e. The summed E-state index contributed by atoms with van der Waals surface area (Å²) in [6, 6.07) is 18.9. The first-order valence-corrected chi connectivity index (χ1v) is 11.8. The number of aromatic amines is 1. The maximum atomic E-state index is 13.3. The predicted molar refractivity (Wildman–Crippen MR) is 136 cm³/mol. The Morgan fingerprint density at radius 2 is 1.94 bits per heavy atom. The SMILES string of the molecule is Cc1cc(=O)n(C)c2ccc(-c3n[nH]c4ccc(C(=O)NC(c5ccccn5)C5CC5)cc34)cc12. The molecule has 0 aliphatic heterocycles. The lowest BCUT2D eigenvalue weighted by atomic mass is 10.0. The van der Waals surface area contributed by atoms with Gasteiger partial charge in [0.15, 0.2) is 0 Å². The molecule has 1 aliphatic carbocycles. The number of aromatic nitrogens is 4. The van der Waals surface area contributed by atoms with Gasteiger partial charge in [-0.25, -0.2) is 0 Å². The zero-order chi connectivity index (χ0) is 24.1. The summed E-state index contributed by atoms with van der Waals surface area (Å²) in [5.74, 6) is 0.310. The number of amides is 1. The minimum Gasteiger partial charge on any atom is -0.343 e. The van der Waals surface area contributed by atoms with Crippen molar-refractivity contribution in [2.75, 3.05) is 0 Å². The number of carbonyl (C=O) groups excluding carboxylic acids is 1. The van der Waals surface area contributed by atoms with Gasteiger partial charge in [0.05, 0.1) is 28.5 Å². The third kappa shape index (κ3) is 3.79. The fourth-order valence-electron chi connectivity index (χ4n) is 4.79. The van der Waals surface area contributed by atoms with Crippen LogP contribution in [-0.4, -0.2) is 25.7 Å². The topological polar surface area (TPSA) is 92.7 Å². The summed E-state index contributed by atoms with van der Waals surface area (Å²) in [6.45, 7) is 1.94. The predicted octanol–water partition coefficient (Wildman–Crippen LogP) is 4.67. The standard InChI is InChI=1S/C28H25N5O2/c1-16-13-25(34)33(2)24-11-9-18(14-20(16)24)26-21-15-19(8-10-22(21)31-32-26)28(35)30-27(17-6-7-17)23-5-3-4-12-29-23/h3-5,8-15,17,27H,6-7H2,1-2H3,(H,30,35)(H,31,32). The summed E-state index contributed by atoms with van der Waals surface area (Å²) >= 11 is 0. The molecule has 1 amide bonds. The molecule has 174 valence electrons. The van der Waals surface area contributed by atoms with Crippen LogP contribution in [-0.2, 0) is 7.05 Å². The van der Waals surface area contributed by atoms with Gasteiger partial charge < -0.3 is 9.88 Å². The van der Waals surface area contributed by atoms with Gasteiger partial charge in [0.25, 0.3) is 11.5 Å². The Morgan fingerprint density at radius 1 is 1.09 bits per heavy atom. The highest BCUT2D eigenvalue weighted by Crippen LogP contribution is 2.40. The molecule has 0 radical (unpaired) electrons. The zero-order valence-corrected chi connectivity index (χ0v) is 19.6. The molecule has 7 nitrogen and oxygen atoms in total. The summed E-state index contributed by atoms with van der Waals surface area (Å²) in [7, 11) is 1.78. The third-order valence-electron chi connectivity index (χ3n) is 6.94. The number of fused-ring (bicyclic) bond motifs is 2. The molecule has 6 rings (SSSR count). The van der Waals surface area contributed by atoms with Crippen molar-refractivity contribution in [3.05, 3.63) is 94.0 Å². The van der Waals surface area contributed by atoms with Crippen molar-refractivity contribution in [1.82, 2.24) is 25.1 Å². The van der Waals surface area contributed by atoms with Gasteiger partial charge in [-0.2, -0.15) is 5.10 Å². The van der Waals surface area contributed by atoms with E-state index < -0.39 is 0 Å². The Morgan fingerprint density at radius 3 is 2.71 bits per heavy atom. The number of aryl methyl sites for hydroxylation is 2. The van der Waals surface area contributed by atoms with Crippen LogP contribution < -0.4 is 10.9 Å². The van der Waals surface area contributed by atoms with Gasteiger partial charge >= 0.3 is 0 Å². The van der Waals surface area contributed by atoms with Crippen molar-refractivity contribution in [3.8, 4) is 11.3 Å². The number of hydrogen-bond acceptors (Lipinski definition) is 4. The molecule has 0 spiro atoms. The van der Waals surface area contributed by atoms with Crippen LogP contribution in [0, 0.1) is 12.8 Å². The van der Waals surface area contributed by atoms with Crippen LogP contribution in [0.15, 0.2) is 71.7 Å². The minimum absolute atomic E-state index is 0.0289. The molecule has 1 fully saturated rings. The van der Waals surface area contributed by atoms with E-state index in [2.05, 4.69) is 26.6 Å². The summed E-state index contributed by atoms with van der Waals surface area (Å²) in [5.41, 5.74) is 5.80. The normalized spacial score (nSPS) is 14.3. The molecular formula is C28H25N5O2. The Kier molecular flexibility index (Phi) is 4.99. The van der Waals surface area contributed by atoms with Gasteiger partial charge in [-0.1, -0.05) is 12.1 Å². The quantitative estimate of drug-likeness (QED) is 0.396. The number of carbonyl (C=O) groups is 1. The zero-order valence-electron chi connectivity index (χ0n) is 19.6. The van der Waals surface area contributed by atoms with Gasteiger partial charge in [-0.15, -0.1) is 0 Å². The molecule has 0 saturated heterocycles. The van der Waals surface area contributed by atoms with Crippen molar-refractivity contribution in [2.45, 2.75) is 25.8 Å². The molecule has 1 saturated carbocycles. The van der Waals surface area contributed by atoms with Gasteiger partial charge in [0, 0.05) is 41.2 Å². The van der Waals surface area contributed by atoms with Gasteiger partial charge in [-0.05, 0) is 73.7 Å². The molecule has 0 bridgehead atoms. The van der Waals surface area contributed by atoms with Crippen molar-refractivity contribution in [1.29, 1.82) is 0 Å². The van der Waals surface area contributed by atoms with Crippen molar-refractivity contribution in [2.24, 2.45) is 13.0 Å². The minimum atomic E-state index is -0.119. The number of H-pyrrole nitrogens is 1. The summed E-state index contributed by atoms with van der Waals surface area (Å²) in [4.78, 5) is 29.9. The van der Waals surface area contributed by atoms with Crippen LogP contribution in [0.2, 0.25) is 0 Å². The number of nitrogens with zero attached hydrogens (tertiary/aromatic N) is 3. The second-order valence-corrected chi connectivity index (χ2v) is 9.33. The molecule has 3 aromatic heterocycles. The Bertz CT molecular complexity index is 1650. The van der Waals surface area contributed by atoms with E-state index in [0.29, 0.717) is 11.5 Å². The van der Waals surface area contributed by atoms with E-state index >= 15 is 0 Å². The van der Waals surface area contributed by atoms with Crippen LogP contribution in [0.5, 0.6) is 0 Å². The average molecular weight is 464 g/mol. The molecule has 35 heavy (non-hydrogen) atoms. The second kappa shape index (κ2) is 8.20. The lowest BCUT2D eigenvalue weighted by Crippen LogP contribution is -2.30. The fourth-order valence-corrected chi connectivity index (χ4v) is 4.79. The number of rotatable bonds is 5. The highest BCUT2D eigenvalue weighted by atomic mass is 16.1. The van der Waals surface area contributed by atoms with Crippen LogP contribution in [0.4, 0.5) is 0 Å². The van der Waals surface area contributed by atoms with Crippen LogP contribution in [0.3, 0.4) is 0 Å². The summed E-state index contributed by atoms with van der Waals surface area (Å²) < 4.78 is 1.65. The molecular weight excluding hydrogens is 438 g/mol. The molecule has 2 aromatic carbocycles. The van der Waals surface area contributed by atoms with E-state index in [4.69, 9.17) is 0 Å². The lowest BCUT2D eigenvalue weighted by Gasteiger charge is -2.18. The maximum Gasteiger partial charge on any atom is 0.251 e. The van der Waals surface area contributed by atoms with Crippen LogP contribution >= 0.6 is 0 Å². The first kappa shape index (κ1) is 21.3. The highest BCUT2D eigenvalue weighted by Gasteiger charge is 2.34. The van der Waals surface area contributed by atoms with Crippen LogP contribution in [0.25, 0.3) is 33.1 Å². The first-order valence-electron chi connectivity index (χ1n) is 11.8. The Hall–Kier alpha value is -4.26. The maximum absolute atomic E-state index is 13.3. The van der Waals surface area contributed by atoms with Crippen LogP contribution in [0.1, 0.15) is 40.5 Å². The Labute approximate surface area is 201 Å². The summed E-state index contributed by atoms with van der Waals surface area (Å²) in [5, 5.41) is 12.7. The number of pyridine rings is 2. The monoisotopic (exact) mass is 463 g/mol. The molecule has 1 atom stereocenters. The molecule has 1 unspecified atom stereocenters. The molecule has 3 heterocycles. The van der Waals surface area contributed by atoms with Crippen molar-refractivity contribution < 1.29 is 4.79 Å². The average Bonchev–Trinajstić information content (AvgIpc) is 3.64. The van der Waals surface area contributed by atoms with E-state index in [0.717, 1.165) is 57.2 Å². The molecule has 2 N–H and O–H groups in total. The largest absolute Gasteiger partial charge is 0.343 e.